The van der Waals surface area contributed by atoms with Gasteiger partial charge in [0, 0.05) is 73.4 Å². The average Bonchev–Trinajstić information content (AvgIpc) is 3.28. The van der Waals surface area contributed by atoms with Crippen LogP contribution in [-0.2, 0) is 11.2 Å². The van der Waals surface area contributed by atoms with Gasteiger partial charge in [0.25, 0.3) is 0 Å². The van der Waals surface area contributed by atoms with Crippen molar-refractivity contribution in [2.45, 2.75) is 24.8 Å². The number of aromatic nitrogens is 1. The maximum atomic E-state index is 12.8. The first-order chi connectivity index (χ1) is 16.2. The summed E-state index contributed by atoms with van der Waals surface area (Å²) in [6.07, 6.45) is 4.19. The summed E-state index contributed by atoms with van der Waals surface area (Å²) in [4.78, 5) is 22.9. The Hall–Kier alpha value is -2.99. The summed E-state index contributed by atoms with van der Waals surface area (Å²) < 4.78 is 5.85. The van der Waals surface area contributed by atoms with Crippen molar-refractivity contribution in [3.8, 4) is 0 Å². The van der Waals surface area contributed by atoms with Crippen molar-refractivity contribution in [3.05, 3.63) is 65.9 Å². The minimum Gasteiger partial charge on any atom is -0.449 e. The first-order valence-electron chi connectivity index (χ1n) is 12.2. The van der Waals surface area contributed by atoms with E-state index in [9.17, 15) is 4.79 Å². The van der Waals surface area contributed by atoms with E-state index in [-0.39, 0.29) is 6.09 Å². The molecule has 0 radical (unpaired) electrons. The minimum atomic E-state index is -0.161. The smallest absolute Gasteiger partial charge is 0.409 e. The van der Waals surface area contributed by atoms with E-state index in [1.807, 2.05) is 11.0 Å². The number of piperazine rings is 1. The average molecular weight is 445 g/mol. The molecule has 0 spiro atoms. The Balaban J connectivity index is 1.07. The molecule has 3 atom stereocenters. The number of para-hydroxylation sites is 1. The van der Waals surface area contributed by atoms with Gasteiger partial charge < -0.3 is 24.4 Å². The quantitative estimate of drug-likeness (QED) is 0.661. The van der Waals surface area contributed by atoms with Gasteiger partial charge in [-0.2, -0.15) is 0 Å². The Morgan fingerprint density at radius 3 is 2.70 bits per heavy atom. The van der Waals surface area contributed by atoms with Crippen LogP contribution in [0.4, 0.5) is 10.5 Å². The van der Waals surface area contributed by atoms with Crippen LogP contribution in [0, 0.1) is 5.92 Å². The van der Waals surface area contributed by atoms with Gasteiger partial charge in [0.1, 0.15) is 0 Å². The summed E-state index contributed by atoms with van der Waals surface area (Å²) in [5, 5.41) is 1.42. The number of hydrogen-bond acceptors (Lipinski definition) is 4. The Morgan fingerprint density at radius 2 is 1.88 bits per heavy atom. The van der Waals surface area contributed by atoms with E-state index >= 15 is 0 Å². The molecule has 3 heterocycles. The van der Waals surface area contributed by atoms with E-state index in [0.29, 0.717) is 37.6 Å². The fraction of sp³-hybridized carbons (Fsp3) is 0.444. The maximum Gasteiger partial charge on any atom is 0.409 e. The van der Waals surface area contributed by atoms with E-state index in [1.54, 1.807) is 0 Å². The zero-order valence-corrected chi connectivity index (χ0v) is 19.2. The predicted molar refractivity (Wildman–Crippen MR) is 131 cm³/mol. The predicted octanol–water partition coefficient (Wildman–Crippen LogP) is 4.09. The first-order valence-corrected chi connectivity index (χ1v) is 12.2. The molecule has 6 rings (SSSR count). The largest absolute Gasteiger partial charge is 0.449 e. The third-order valence-electron chi connectivity index (χ3n) is 7.91. The molecule has 0 bridgehead atoms. The van der Waals surface area contributed by atoms with E-state index < -0.39 is 0 Å². The number of fused-ring (bicyclic) bond motifs is 2. The molecule has 2 aromatic carbocycles. The molecule has 1 aliphatic carbocycles. The van der Waals surface area contributed by atoms with Gasteiger partial charge in [0.15, 0.2) is 0 Å². The van der Waals surface area contributed by atoms with E-state index in [0.717, 1.165) is 32.5 Å². The van der Waals surface area contributed by atoms with Crippen LogP contribution in [0.25, 0.3) is 10.9 Å². The van der Waals surface area contributed by atoms with E-state index in [4.69, 9.17) is 4.74 Å². The van der Waals surface area contributed by atoms with Gasteiger partial charge in [0.05, 0.1) is 6.61 Å². The summed E-state index contributed by atoms with van der Waals surface area (Å²) in [7, 11) is 2.23. The number of benzene rings is 2. The van der Waals surface area contributed by atoms with Crippen molar-refractivity contribution in [1.29, 1.82) is 0 Å². The Kier molecular flexibility index (Phi) is 5.25. The normalized spacial score (nSPS) is 25.2. The number of anilines is 1. The third kappa shape index (κ3) is 3.76. The topological polar surface area (TPSA) is 51.8 Å². The number of ether oxygens (including phenoxy) is 1. The minimum absolute atomic E-state index is 0.161. The highest BCUT2D eigenvalue weighted by molar-refractivity contribution is 5.88. The van der Waals surface area contributed by atoms with Crippen LogP contribution in [0.5, 0.6) is 0 Å². The molecule has 1 N–H and O–H groups in total. The maximum absolute atomic E-state index is 12.8. The molecule has 6 nitrogen and oxygen atoms in total. The molecular weight excluding hydrogens is 412 g/mol. The molecule has 2 aliphatic heterocycles. The van der Waals surface area contributed by atoms with Gasteiger partial charge in [-0.05, 0) is 49.2 Å². The number of H-pyrrole nitrogens is 1. The molecule has 0 saturated carbocycles. The summed E-state index contributed by atoms with van der Waals surface area (Å²) in [5.74, 6) is 0.857. The van der Waals surface area contributed by atoms with Crippen LogP contribution in [0.15, 0.2) is 54.7 Å². The molecule has 1 aromatic heterocycles. The number of likely N-dealkylation sites (tertiary alicyclic amines) is 1. The van der Waals surface area contributed by atoms with Crippen molar-refractivity contribution < 1.29 is 9.53 Å². The molecular formula is C27H32N4O2. The lowest BCUT2D eigenvalue weighted by Gasteiger charge is -2.45. The monoisotopic (exact) mass is 444 g/mol. The van der Waals surface area contributed by atoms with Gasteiger partial charge >= 0.3 is 6.09 Å². The Labute approximate surface area is 195 Å². The summed E-state index contributed by atoms with van der Waals surface area (Å²) >= 11 is 0. The van der Waals surface area contributed by atoms with E-state index in [1.165, 1.54) is 27.7 Å². The molecule has 172 valence electrons. The van der Waals surface area contributed by atoms with Crippen molar-refractivity contribution >= 4 is 22.7 Å². The van der Waals surface area contributed by atoms with Gasteiger partial charge in [-0.15, -0.1) is 0 Å². The van der Waals surface area contributed by atoms with Gasteiger partial charge in [-0.1, -0.05) is 30.3 Å². The number of carbonyl (C=O) groups excluding carboxylic acids is 1. The second-order valence-corrected chi connectivity index (χ2v) is 9.89. The second-order valence-electron chi connectivity index (χ2n) is 9.89. The molecule has 3 aliphatic rings. The SMILES string of the molecule is CN1C[C@H](COC(=O)N2CCN(c3ccccc3)CC2)CC2c3cccc4[nH]cc(c34)C[C@H]21. The number of nitrogens with one attached hydrogen (secondary N) is 1. The number of nitrogens with zero attached hydrogens (tertiary/aromatic N) is 3. The fourth-order valence-electron chi connectivity index (χ4n) is 6.24. The second kappa shape index (κ2) is 8.41. The van der Waals surface area contributed by atoms with Crippen LogP contribution in [0.1, 0.15) is 23.5 Å². The van der Waals surface area contributed by atoms with Gasteiger partial charge in [-0.25, -0.2) is 4.79 Å². The fourth-order valence-corrected chi connectivity index (χ4v) is 6.24. The van der Waals surface area contributed by atoms with Gasteiger partial charge in [0.2, 0.25) is 0 Å². The molecule has 6 heteroatoms. The number of aromatic amines is 1. The van der Waals surface area contributed by atoms with Crippen LogP contribution in [0.3, 0.4) is 0 Å². The van der Waals surface area contributed by atoms with Crippen molar-refractivity contribution in [2.75, 3.05) is 51.3 Å². The Bertz CT molecular complexity index is 1140. The highest BCUT2D eigenvalue weighted by atomic mass is 16.6. The van der Waals surface area contributed by atoms with Crippen LogP contribution < -0.4 is 4.90 Å². The van der Waals surface area contributed by atoms with Crippen molar-refractivity contribution in [3.63, 3.8) is 0 Å². The van der Waals surface area contributed by atoms with Crippen LogP contribution in [-0.4, -0.2) is 73.3 Å². The van der Waals surface area contributed by atoms with Crippen molar-refractivity contribution in [1.82, 2.24) is 14.8 Å². The molecule has 2 fully saturated rings. The lowest BCUT2D eigenvalue weighted by Crippen LogP contribution is -2.50. The Morgan fingerprint density at radius 1 is 1.06 bits per heavy atom. The lowest BCUT2D eigenvalue weighted by atomic mass is 9.72. The highest BCUT2D eigenvalue weighted by Crippen LogP contribution is 2.44. The number of piperidine rings is 1. The first kappa shape index (κ1) is 20.6. The standard InChI is InChI=1S/C27H32N4O2/c1-29-17-19(14-23-22-8-5-9-24-26(22)20(16-28-24)15-25(23)29)18-33-27(32)31-12-10-30(11-13-31)21-6-3-2-4-7-21/h2-9,16,19,23,25,28H,10-15,17-18H2,1H3/t19-,23?,25-/m1/s1. The third-order valence-corrected chi connectivity index (χ3v) is 7.91. The van der Waals surface area contributed by atoms with Crippen LogP contribution >= 0.6 is 0 Å². The van der Waals surface area contributed by atoms with Gasteiger partial charge in [-0.3, -0.25) is 0 Å². The molecule has 33 heavy (non-hydrogen) atoms. The number of rotatable bonds is 3. The molecule has 3 aromatic rings. The van der Waals surface area contributed by atoms with Crippen LogP contribution in [0.2, 0.25) is 0 Å². The zero-order valence-electron chi connectivity index (χ0n) is 19.2. The molecule has 1 amide bonds. The zero-order chi connectivity index (χ0) is 22.4. The van der Waals surface area contributed by atoms with E-state index in [2.05, 4.69) is 70.5 Å². The number of carbonyl (C=O) groups is 1. The summed E-state index contributed by atoms with van der Waals surface area (Å²) in [5.41, 5.74) is 5.36. The lowest BCUT2D eigenvalue weighted by molar-refractivity contribution is 0.0462. The number of likely N-dealkylation sites (N-methyl/N-ethyl adjacent to an activating group) is 1. The van der Waals surface area contributed by atoms with Crippen molar-refractivity contribution in [2.24, 2.45) is 5.92 Å². The number of amides is 1. The highest BCUT2D eigenvalue weighted by Gasteiger charge is 2.39. The summed E-state index contributed by atoms with van der Waals surface area (Å²) in [6, 6.07) is 17.6. The number of hydrogen-bond donors (Lipinski definition) is 1. The summed E-state index contributed by atoms with van der Waals surface area (Å²) in [6.45, 7) is 4.59. The molecule has 1 unspecified atom stereocenters. The molecule has 2 saturated heterocycles.